The third kappa shape index (κ3) is 5.05. The molecular weight excluding hydrogens is 284 g/mol. The van der Waals surface area contributed by atoms with E-state index in [1.54, 1.807) is 0 Å². The number of aliphatic carboxylic acids is 1. The van der Waals surface area contributed by atoms with Crippen LogP contribution in [0.2, 0.25) is 0 Å². The van der Waals surface area contributed by atoms with E-state index in [9.17, 15) is 9.90 Å². The predicted molar refractivity (Wildman–Crippen MR) is 80.3 cm³/mol. The number of carboxylic acids is 1. The monoisotopic (exact) mass is 300 g/mol. The fraction of sp³-hybridized carbons (Fsp3) is 0.188. The molecule has 1 atom stereocenters. The lowest BCUT2D eigenvalue weighted by Gasteiger charge is -2.08. The van der Waals surface area contributed by atoms with Crippen LogP contribution < -0.4 is 4.74 Å². The largest absolute Gasteiger partial charge is 0.489 e. The van der Waals surface area contributed by atoms with E-state index < -0.39 is 11.7 Å². The minimum absolute atomic E-state index is 0.0458. The highest BCUT2D eigenvalue weighted by molar-refractivity contribution is 6.42. The van der Waals surface area contributed by atoms with Gasteiger partial charge in [-0.2, -0.15) is 0 Å². The maximum absolute atomic E-state index is 10.5. The number of carbonyl (C=O) groups is 1. The standard InChI is InChI=1S/C16H16O4Si/c17-15(18)16(19)21-11-13-6-8-14(9-7-13)20-10-12-4-2-1-3-5-12/h1-9,16,19H,10-11H2,(H,17,18). The Bertz CT molecular complexity index is 569. The summed E-state index contributed by atoms with van der Waals surface area (Å²) in [6, 6.07) is 17.9. The van der Waals surface area contributed by atoms with Gasteiger partial charge in [0.25, 0.3) is 0 Å². The van der Waals surface area contributed by atoms with Gasteiger partial charge in [0.15, 0.2) is 0 Å². The van der Waals surface area contributed by atoms with E-state index in [0.717, 1.165) is 16.9 Å². The molecule has 2 N–H and O–H groups in total. The predicted octanol–water partition coefficient (Wildman–Crippen LogP) is 1.87. The number of hydrogen-bond acceptors (Lipinski definition) is 3. The Hall–Kier alpha value is -2.11. The Kier molecular flexibility index (Phi) is 5.54. The summed E-state index contributed by atoms with van der Waals surface area (Å²) in [5.41, 5.74) is 0.812. The first-order valence-corrected chi connectivity index (χ1v) is 7.83. The minimum atomic E-state index is -1.28. The van der Waals surface area contributed by atoms with Crippen LogP contribution >= 0.6 is 0 Å². The summed E-state index contributed by atoms with van der Waals surface area (Å²) in [5, 5.41) is 17.9. The second-order valence-corrected chi connectivity index (χ2v) is 5.85. The van der Waals surface area contributed by atoms with Crippen molar-refractivity contribution in [1.82, 2.24) is 0 Å². The molecule has 0 aliphatic heterocycles. The quantitative estimate of drug-likeness (QED) is 0.766. The fourth-order valence-corrected chi connectivity index (χ4v) is 2.59. The van der Waals surface area contributed by atoms with Gasteiger partial charge in [-0.05, 0) is 23.7 Å². The van der Waals surface area contributed by atoms with Crippen molar-refractivity contribution >= 4 is 15.5 Å². The van der Waals surface area contributed by atoms with Gasteiger partial charge in [0.05, 0.1) is 9.52 Å². The van der Waals surface area contributed by atoms with Gasteiger partial charge in [-0.25, -0.2) is 4.79 Å². The lowest BCUT2D eigenvalue weighted by Crippen LogP contribution is -2.28. The summed E-state index contributed by atoms with van der Waals surface area (Å²) >= 11 is 0. The van der Waals surface area contributed by atoms with Crippen molar-refractivity contribution in [3.63, 3.8) is 0 Å². The number of aliphatic hydroxyl groups is 1. The first-order chi connectivity index (χ1) is 10.1. The van der Waals surface area contributed by atoms with Crippen molar-refractivity contribution in [3.8, 4) is 5.75 Å². The van der Waals surface area contributed by atoms with E-state index in [1.807, 2.05) is 54.6 Å². The molecule has 0 spiro atoms. The van der Waals surface area contributed by atoms with Gasteiger partial charge in [0.2, 0.25) is 0 Å². The average Bonchev–Trinajstić information content (AvgIpc) is 2.52. The van der Waals surface area contributed by atoms with Crippen molar-refractivity contribution in [1.29, 1.82) is 0 Å². The maximum Gasteiger partial charge on any atom is 0.328 e. The Morgan fingerprint density at radius 2 is 1.71 bits per heavy atom. The molecule has 1 unspecified atom stereocenters. The second-order valence-electron chi connectivity index (χ2n) is 4.54. The van der Waals surface area contributed by atoms with Crippen LogP contribution in [0.15, 0.2) is 54.6 Å². The molecule has 0 saturated heterocycles. The maximum atomic E-state index is 10.5. The van der Waals surface area contributed by atoms with E-state index in [0.29, 0.717) is 12.7 Å². The van der Waals surface area contributed by atoms with E-state index in [2.05, 4.69) is 0 Å². The zero-order valence-electron chi connectivity index (χ0n) is 11.4. The molecule has 2 radical (unpaired) electrons. The summed E-state index contributed by atoms with van der Waals surface area (Å²) in [5.74, 6) is -0.402. The number of carboxylic acid groups (broad SMARTS) is 1. The molecule has 0 aliphatic carbocycles. The van der Waals surface area contributed by atoms with Gasteiger partial charge in [-0.3, -0.25) is 0 Å². The van der Waals surface area contributed by atoms with Gasteiger partial charge in [-0.15, -0.1) is 0 Å². The molecule has 0 aliphatic rings. The number of benzene rings is 2. The highest BCUT2D eigenvalue weighted by atomic mass is 28.2. The molecule has 4 nitrogen and oxygen atoms in total. The SMILES string of the molecule is O=C(O)C(O)[Si]Cc1ccc(OCc2ccccc2)cc1. The van der Waals surface area contributed by atoms with Crippen LogP contribution in [0.25, 0.3) is 0 Å². The third-order valence-corrected chi connectivity index (χ3v) is 4.15. The summed E-state index contributed by atoms with van der Waals surface area (Å²) in [6.07, 6.45) is 0. The zero-order chi connectivity index (χ0) is 15.1. The molecule has 0 aromatic heterocycles. The fourth-order valence-electron chi connectivity index (χ4n) is 1.75. The lowest BCUT2D eigenvalue weighted by molar-refractivity contribution is -0.142. The van der Waals surface area contributed by atoms with E-state index in [1.165, 1.54) is 0 Å². The first-order valence-electron chi connectivity index (χ1n) is 6.55. The number of hydrogen-bond donors (Lipinski definition) is 2. The topological polar surface area (TPSA) is 66.8 Å². The van der Waals surface area contributed by atoms with Gasteiger partial charge < -0.3 is 14.9 Å². The van der Waals surface area contributed by atoms with Crippen molar-refractivity contribution in [3.05, 3.63) is 65.7 Å². The Morgan fingerprint density at radius 3 is 2.33 bits per heavy atom. The molecule has 5 heteroatoms. The van der Waals surface area contributed by atoms with Gasteiger partial charge in [0, 0.05) is 0 Å². The van der Waals surface area contributed by atoms with Crippen LogP contribution in [-0.4, -0.2) is 31.4 Å². The van der Waals surface area contributed by atoms with Gasteiger partial charge >= 0.3 is 5.97 Å². The van der Waals surface area contributed by atoms with Crippen LogP contribution in [0.4, 0.5) is 0 Å². The smallest absolute Gasteiger partial charge is 0.328 e. The average molecular weight is 300 g/mol. The van der Waals surface area contributed by atoms with E-state index >= 15 is 0 Å². The third-order valence-electron chi connectivity index (χ3n) is 2.91. The molecule has 2 rings (SSSR count). The molecule has 108 valence electrons. The van der Waals surface area contributed by atoms with Crippen LogP contribution in [0, 0.1) is 0 Å². The first kappa shape index (κ1) is 15.3. The van der Waals surface area contributed by atoms with Gasteiger partial charge in [-0.1, -0.05) is 48.0 Å². The molecule has 0 fully saturated rings. The van der Waals surface area contributed by atoms with Crippen LogP contribution in [-0.2, 0) is 17.4 Å². The number of aliphatic hydroxyl groups excluding tert-OH is 1. The van der Waals surface area contributed by atoms with Crippen LogP contribution in [0.3, 0.4) is 0 Å². The van der Waals surface area contributed by atoms with Crippen LogP contribution in [0.1, 0.15) is 11.1 Å². The highest BCUT2D eigenvalue weighted by Crippen LogP contribution is 2.14. The summed E-state index contributed by atoms with van der Waals surface area (Å²) in [6.45, 7) is 0.514. The molecule has 0 amide bonds. The molecular formula is C16H16O4Si. The molecule has 0 saturated carbocycles. The molecule has 21 heavy (non-hydrogen) atoms. The Balaban J connectivity index is 1.83. The van der Waals surface area contributed by atoms with Crippen molar-refractivity contribution in [2.24, 2.45) is 0 Å². The van der Waals surface area contributed by atoms with E-state index in [4.69, 9.17) is 9.84 Å². The summed E-state index contributed by atoms with van der Waals surface area (Å²) in [4.78, 5) is 10.5. The highest BCUT2D eigenvalue weighted by Gasteiger charge is 2.13. The Labute approximate surface area is 125 Å². The molecule has 0 heterocycles. The normalized spacial score (nSPS) is 11.9. The van der Waals surface area contributed by atoms with Crippen molar-refractivity contribution < 1.29 is 19.7 Å². The van der Waals surface area contributed by atoms with Gasteiger partial charge in [0.1, 0.15) is 18.1 Å². The molecule has 2 aromatic carbocycles. The van der Waals surface area contributed by atoms with E-state index in [-0.39, 0.29) is 9.52 Å². The van der Waals surface area contributed by atoms with Crippen molar-refractivity contribution in [2.45, 2.75) is 18.4 Å². The van der Waals surface area contributed by atoms with Crippen molar-refractivity contribution in [2.75, 3.05) is 0 Å². The lowest BCUT2D eigenvalue weighted by atomic mass is 10.2. The zero-order valence-corrected chi connectivity index (χ0v) is 12.4. The minimum Gasteiger partial charge on any atom is -0.489 e. The summed E-state index contributed by atoms with van der Waals surface area (Å²) in [7, 11) is -0.0458. The molecule has 2 aromatic rings. The second kappa shape index (κ2) is 7.61. The van der Waals surface area contributed by atoms with Crippen LogP contribution in [0.5, 0.6) is 5.75 Å². The number of rotatable bonds is 7. The number of ether oxygens (including phenoxy) is 1. The molecule has 0 bridgehead atoms. The Morgan fingerprint density at radius 1 is 1.05 bits per heavy atom. The summed E-state index contributed by atoms with van der Waals surface area (Å²) < 4.78 is 5.67.